The molecular weight excluding hydrogens is 414 g/mol. The van der Waals surface area contributed by atoms with Crippen molar-refractivity contribution >= 4 is 40.8 Å². The van der Waals surface area contributed by atoms with Gasteiger partial charge in [0.2, 0.25) is 23.8 Å². The second kappa shape index (κ2) is 10.2. The van der Waals surface area contributed by atoms with Crippen LogP contribution in [0.25, 0.3) is 0 Å². The summed E-state index contributed by atoms with van der Waals surface area (Å²) < 4.78 is 0. The number of rotatable bonds is 8. The van der Waals surface area contributed by atoms with Crippen molar-refractivity contribution in [1.82, 2.24) is 15.0 Å². The lowest BCUT2D eigenvalue weighted by molar-refractivity contribution is -0.114. The summed E-state index contributed by atoms with van der Waals surface area (Å²) in [5.41, 5.74) is 4.61. The minimum Gasteiger partial charge on any atom is -0.345 e. The van der Waals surface area contributed by atoms with Crippen molar-refractivity contribution in [3.8, 4) is 0 Å². The number of nitrogens with one attached hydrogen (secondary N) is 4. The molecule has 0 spiro atoms. The molecule has 0 saturated carbocycles. The number of anilines is 6. The van der Waals surface area contributed by atoms with Crippen LogP contribution in [-0.4, -0.2) is 27.4 Å². The molecule has 1 heterocycles. The first-order valence-electron chi connectivity index (χ1n) is 10.6. The number of carbonyl (C=O) groups excluding carboxylic acids is 1. The highest BCUT2D eigenvalue weighted by Crippen LogP contribution is 2.18. The molecule has 0 aliphatic rings. The van der Waals surface area contributed by atoms with Crippen molar-refractivity contribution in [2.24, 2.45) is 0 Å². The Labute approximate surface area is 192 Å². The van der Waals surface area contributed by atoms with Gasteiger partial charge in [-0.25, -0.2) is 0 Å². The van der Waals surface area contributed by atoms with Gasteiger partial charge in [0.15, 0.2) is 0 Å². The van der Waals surface area contributed by atoms with E-state index in [0.29, 0.717) is 11.9 Å². The predicted octanol–water partition coefficient (Wildman–Crippen LogP) is 5.03. The summed E-state index contributed by atoms with van der Waals surface area (Å²) in [6.45, 7) is 4.00. The first-order valence-corrected chi connectivity index (χ1v) is 10.6. The molecule has 0 fully saturated rings. The number of hydrogen-bond acceptors (Lipinski definition) is 7. The first-order chi connectivity index (χ1) is 16.0. The van der Waals surface area contributed by atoms with E-state index in [1.807, 2.05) is 86.6 Å². The third-order valence-corrected chi connectivity index (χ3v) is 4.61. The van der Waals surface area contributed by atoms with Gasteiger partial charge in [0.05, 0.1) is 6.54 Å². The second-order valence-electron chi connectivity index (χ2n) is 7.57. The van der Waals surface area contributed by atoms with Crippen LogP contribution >= 0.6 is 0 Å². The van der Waals surface area contributed by atoms with Gasteiger partial charge in [-0.3, -0.25) is 4.79 Å². The molecule has 3 aromatic carbocycles. The fraction of sp³-hybridized carbons (Fsp3) is 0.120. The van der Waals surface area contributed by atoms with Crippen LogP contribution in [0.5, 0.6) is 0 Å². The molecule has 166 valence electrons. The van der Waals surface area contributed by atoms with Gasteiger partial charge in [0.1, 0.15) is 0 Å². The van der Waals surface area contributed by atoms with Crippen LogP contribution in [0.15, 0.2) is 78.9 Å². The van der Waals surface area contributed by atoms with Gasteiger partial charge >= 0.3 is 0 Å². The summed E-state index contributed by atoms with van der Waals surface area (Å²) in [5.74, 6) is 0.784. The largest absolute Gasteiger partial charge is 0.345 e. The third kappa shape index (κ3) is 6.51. The maximum absolute atomic E-state index is 12.5. The molecule has 0 bridgehead atoms. The Morgan fingerprint density at radius 1 is 0.667 bits per heavy atom. The van der Waals surface area contributed by atoms with E-state index < -0.39 is 0 Å². The summed E-state index contributed by atoms with van der Waals surface area (Å²) in [5, 5.41) is 12.2. The van der Waals surface area contributed by atoms with Crippen LogP contribution in [-0.2, 0) is 4.79 Å². The smallest absolute Gasteiger partial charge is 0.243 e. The summed E-state index contributed by atoms with van der Waals surface area (Å²) in [6.07, 6.45) is 0. The van der Waals surface area contributed by atoms with E-state index in [9.17, 15) is 4.79 Å². The zero-order valence-electron chi connectivity index (χ0n) is 18.5. The number of aryl methyl sites for hydroxylation is 2. The normalized spacial score (nSPS) is 10.4. The molecule has 0 unspecified atom stereocenters. The van der Waals surface area contributed by atoms with Gasteiger partial charge in [0.25, 0.3) is 0 Å². The van der Waals surface area contributed by atoms with Crippen LogP contribution in [0.3, 0.4) is 0 Å². The van der Waals surface area contributed by atoms with Crippen molar-refractivity contribution in [3.63, 3.8) is 0 Å². The molecular formula is C25H25N7O. The number of aromatic nitrogens is 3. The lowest BCUT2D eigenvalue weighted by Gasteiger charge is -2.12. The number of hydrogen-bond donors (Lipinski definition) is 4. The van der Waals surface area contributed by atoms with Crippen LogP contribution in [0.1, 0.15) is 11.1 Å². The van der Waals surface area contributed by atoms with Gasteiger partial charge in [0, 0.05) is 17.1 Å². The van der Waals surface area contributed by atoms with Gasteiger partial charge < -0.3 is 21.3 Å². The molecule has 8 heteroatoms. The molecule has 8 nitrogen and oxygen atoms in total. The summed E-state index contributed by atoms with van der Waals surface area (Å²) in [6, 6.07) is 25.1. The third-order valence-electron chi connectivity index (χ3n) is 4.61. The Morgan fingerprint density at radius 2 is 1.15 bits per heavy atom. The number of carbonyl (C=O) groups is 1. The Hall–Kier alpha value is -4.46. The van der Waals surface area contributed by atoms with Gasteiger partial charge in [-0.15, -0.1) is 0 Å². The number of benzene rings is 3. The van der Waals surface area contributed by atoms with Crippen LogP contribution in [0.4, 0.5) is 34.9 Å². The van der Waals surface area contributed by atoms with Crippen LogP contribution < -0.4 is 21.3 Å². The summed E-state index contributed by atoms with van der Waals surface area (Å²) in [7, 11) is 0. The van der Waals surface area contributed by atoms with Crippen molar-refractivity contribution in [2.45, 2.75) is 13.8 Å². The number of para-hydroxylation sites is 2. The highest BCUT2D eigenvalue weighted by Gasteiger charge is 2.10. The Morgan fingerprint density at radius 3 is 1.67 bits per heavy atom. The SMILES string of the molecule is Cc1cc(C)cc(NC(=O)CNc2nc(Nc3ccccc3)nc(Nc3ccccc3)n2)c1. The highest BCUT2D eigenvalue weighted by molar-refractivity contribution is 5.93. The molecule has 0 aliphatic carbocycles. The van der Waals surface area contributed by atoms with Crippen LogP contribution in [0, 0.1) is 13.8 Å². The topological polar surface area (TPSA) is 104 Å². The number of amides is 1. The average molecular weight is 440 g/mol. The van der Waals surface area contributed by atoms with E-state index in [1.165, 1.54) is 0 Å². The minimum absolute atomic E-state index is 0.00650. The van der Waals surface area contributed by atoms with E-state index in [4.69, 9.17) is 0 Å². The van der Waals surface area contributed by atoms with E-state index in [1.54, 1.807) is 0 Å². The molecule has 33 heavy (non-hydrogen) atoms. The molecule has 0 radical (unpaired) electrons. The van der Waals surface area contributed by atoms with E-state index in [2.05, 4.69) is 42.3 Å². The van der Waals surface area contributed by atoms with E-state index in [0.717, 1.165) is 28.2 Å². The zero-order valence-corrected chi connectivity index (χ0v) is 18.5. The van der Waals surface area contributed by atoms with Crippen molar-refractivity contribution < 1.29 is 4.79 Å². The summed E-state index contributed by atoms with van der Waals surface area (Å²) in [4.78, 5) is 25.8. The number of nitrogens with zero attached hydrogens (tertiary/aromatic N) is 3. The maximum atomic E-state index is 12.5. The highest BCUT2D eigenvalue weighted by atomic mass is 16.1. The van der Waals surface area contributed by atoms with Gasteiger partial charge in [-0.05, 0) is 61.4 Å². The molecule has 1 aromatic heterocycles. The maximum Gasteiger partial charge on any atom is 0.243 e. The lowest BCUT2D eigenvalue weighted by Crippen LogP contribution is -2.23. The van der Waals surface area contributed by atoms with Crippen molar-refractivity contribution in [2.75, 3.05) is 27.8 Å². The minimum atomic E-state index is -0.199. The van der Waals surface area contributed by atoms with Gasteiger partial charge in [-0.1, -0.05) is 42.5 Å². The fourth-order valence-corrected chi connectivity index (χ4v) is 3.28. The lowest BCUT2D eigenvalue weighted by atomic mass is 10.1. The first kappa shape index (κ1) is 21.8. The molecule has 0 aliphatic heterocycles. The average Bonchev–Trinajstić information content (AvgIpc) is 2.78. The molecule has 4 rings (SSSR count). The molecule has 0 atom stereocenters. The fourth-order valence-electron chi connectivity index (χ4n) is 3.28. The molecule has 4 N–H and O–H groups in total. The molecule has 0 saturated heterocycles. The predicted molar refractivity (Wildman–Crippen MR) is 132 cm³/mol. The van der Waals surface area contributed by atoms with Crippen molar-refractivity contribution in [3.05, 3.63) is 90.0 Å². The summed E-state index contributed by atoms with van der Waals surface area (Å²) >= 11 is 0. The second-order valence-corrected chi connectivity index (χ2v) is 7.57. The Kier molecular flexibility index (Phi) is 6.75. The van der Waals surface area contributed by atoms with Gasteiger partial charge in [-0.2, -0.15) is 15.0 Å². The van der Waals surface area contributed by atoms with E-state index in [-0.39, 0.29) is 18.4 Å². The van der Waals surface area contributed by atoms with E-state index >= 15 is 0 Å². The zero-order chi connectivity index (χ0) is 23.0. The Balaban J connectivity index is 1.49. The van der Waals surface area contributed by atoms with Crippen LogP contribution in [0.2, 0.25) is 0 Å². The van der Waals surface area contributed by atoms with Crippen molar-refractivity contribution in [1.29, 1.82) is 0 Å². The standard InChI is InChI=1S/C25H25N7O/c1-17-13-18(2)15-21(14-17)27-22(33)16-26-23-30-24(28-19-9-5-3-6-10-19)32-25(31-23)29-20-11-7-4-8-12-20/h3-15H,16H2,1-2H3,(H,27,33)(H3,26,28,29,30,31,32). The Bertz CT molecular complexity index is 1150. The molecule has 4 aromatic rings. The quantitative estimate of drug-likeness (QED) is 0.305. The molecule has 1 amide bonds. The monoisotopic (exact) mass is 439 g/mol.